The summed E-state index contributed by atoms with van der Waals surface area (Å²) in [7, 11) is 3.40. The third kappa shape index (κ3) is 4.24. The largest absolute Gasteiger partial charge is 0.508 e. The number of hydrogen-bond acceptors (Lipinski definition) is 3. The first-order valence-electron chi connectivity index (χ1n) is 6.73. The van der Waals surface area contributed by atoms with Crippen molar-refractivity contribution in [2.24, 2.45) is 0 Å². The summed E-state index contributed by atoms with van der Waals surface area (Å²) in [5, 5.41) is 9.41. The highest BCUT2D eigenvalue weighted by molar-refractivity contribution is 5.78. The number of phenolic OH excluding ortho intramolecular Hbond substituents is 1. The Bertz CT molecular complexity index is 608. The molecule has 0 bridgehead atoms. The van der Waals surface area contributed by atoms with Crippen molar-refractivity contribution in [2.45, 2.75) is 13.0 Å². The van der Waals surface area contributed by atoms with Crippen molar-refractivity contribution in [3.8, 4) is 11.5 Å². The molecule has 0 aliphatic rings. The highest BCUT2D eigenvalue weighted by atomic mass is 16.5. The van der Waals surface area contributed by atoms with Crippen LogP contribution < -0.4 is 4.74 Å². The van der Waals surface area contributed by atoms with Gasteiger partial charge in [0.25, 0.3) is 0 Å². The van der Waals surface area contributed by atoms with Gasteiger partial charge in [0.1, 0.15) is 11.5 Å². The van der Waals surface area contributed by atoms with Crippen molar-refractivity contribution in [2.75, 3.05) is 14.2 Å². The van der Waals surface area contributed by atoms with E-state index in [4.69, 9.17) is 4.74 Å². The first-order valence-corrected chi connectivity index (χ1v) is 6.73. The Kier molecular flexibility index (Phi) is 4.82. The van der Waals surface area contributed by atoms with E-state index < -0.39 is 0 Å². The highest BCUT2D eigenvalue weighted by Gasteiger charge is 2.10. The van der Waals surface area contributed by atoms with Crippen molar-refractivity contribution in [1.82, 2.24) is 4.90 Å². The van der Waals surface area contributed by atoms with Crippen molar-refractivity contribution in [3.63, 3.8) is 0 Å². The maximum Gasteiger partial charge on any atom is 0.227 e. The zero-order valence-corrected chi connectivity index (χ0v) is 12.2. The maximum atomic E-state index is 12.2. The maximum absolute atomic E-state index is 12.2. The van der Waals surface area contributed by atoms with E-state index in [0.29, 0.717) is 6.54 Å². The van der Waals surface area contributed by atoms with Crippen molar-refractivity contribution < 1.29 is 14.6 Å². The van der Waals surface area contributed by atoms with Crippen LogP contribution >= 0.6 is 0 Å². The Morgan fingerprint density at radius 1 is 1.14 bits per heavy atom. The molecule has 0 atom stereocenters. The van der Waals surface area contributed by atoms with Gasteiger partial charge in [-0.1, -0.05) is 24.3 Å². The minimum Gasteiger partial charge on any atom is -0.508 e. The fourth-order valence-corrected chi connectivity index (χ4v) is 2.07. The summed E-state index contributed by atoms with van der Waals surface area (Å²) in [6.45, 7) is 0.543. The molecule has 21 heavy (non-hydrogen) atoms. The summed E-state index contributed by atoms with van der Waals surface area (Å²) in [5.74, 6) is 0.988. The highest BCUT2D eigenvalue weighted by Crippen LogP contribution is 2.14. The molecule has 1 amide bonds. The van der Waals surface area contributed by atoms with Gasteiger partial charge in [0.15, 0.2) is 0 Å². The summed E-state index contributed by atoms with van der Waals surface area (Å²) in [6.07, 6.45) is 0.279. The molecule has 4 nitrogen and oxygen atoms in total. The number of phenols is 1. The molecule has 4 heteroatoms. The molecule has 0 heterocycles. The molecule has 0 radical (unpaired) electrons. The third-order valence-electron chi connectivity index (χ3n) is 3.27. The van der Waals surface area contributed by atoms with E-state index >= 15 is 0 Å². The van der Waals surface area contributed by atoms with E-state index in [-0.39, 0.29) is 18.1 Å². The molecule has 0 aliphatic carbocycles. The number of rotatable bonds is 5. The number of hydrogen-bond donors (Lipinski definition) is 1. The number of amides is 1. The van der Waals surface area contributed by atoms with Crippen LogP contribution in [0, 0.1) is 0 Å². The topological polar surface area (TPSA) is 49.8 Å². The first kappa shape index (κ1) is 14.9. The normalized spacial score (nSPS) is 10.2. The lowest BCUT2D eigenvalue weighted by molar-refractivity contribution is -0.129. The minimum absolute atomic E-state index is 0.0106. The van der Waals surface area contributed by atoms with Crippen molar-refractivity contribution >= 4 is 5.91 Å². The number of methoxy groups -OCH3 is 1. The molecule has 1 N–H and O–H groups in total. The van der Waals surface area contributed by atoms with Gasteiger partial charge in [0.2, 0.25) is 5.91 Å². The van der Waals surface area contributed by atoms with Crippen LogP contribution in [0.4, 0.5) is 0 Å². The van der Waals surface area contributed by atoms with Crippen LogP contribution in [0.25, 0.3) is 0 Å². The Labute approximate surface area is 124 Å². The number of carbonyl (C=O) groups excluding carboxylic acids is 1. The Hall–Kier alpha value is -2.49. The second-order valence-electron chi connectivity index (χ2n) is 4.94. The molecule has 0 unspecified atom stereocenters. The summed E-state index contributed by atoms with van der Waals surface area (Å²) in [5.41, 5.74) is 1.85. The molecule has 0 aliphatic heterocycles. The molecular formula is C17H19NO3. The van der Waals surface area contributed by atoms with Crippen LogP contribution in [0.2, 0.25) is 0 Å². The average molecular weight is 285 g/mol. The van der Waals surface area contributed by atoms with Gasteiger partial charge >= 0.3 is 0 Å². The van der Waals surface area contributed by atoms with Gasteiger partial charge in [-0.15, -0.1) is 0 Å². The second-order valence-corrected chi connectivity index (χ2v) is 4.94. The Morgan fingerprint density at radius 3 is 2.48 bits per heavy atom. The quantitative estimate of drug-likeness (QED) is 0.918. The molecule has 0 aromatic heterocycles. The van der Waals surface area contributed by atoms with Crippen molar-refractivity contribution in [3.05, 3.63) is 59.7 Å². The van der Waals surface area contributed by atoms with Gasteiger partial charge < -0.3 is 14.7 Å². The van der Waals surface area contributed by atoms with Crippen LogP contribution in [0.5, 0.6) is 11.5 Å². The van der Waals surface area contributed by atoms with Gasteiger partial charge in [-0.05, 0) is 35.4 Å². The smallest absolute Gasteiger partial charge is 0.227 e. The molecule has 2 aromatic carbocycles. The SMILES string of the molecule is COc1ccc(CN(C)C(=O)Cc2cccc(O)c2)cc1. The molecule has 0 spiro atoms. The van der Waals surface area contributed by atoms with Crippen LogP contribution in [0.3, 0.4) is 0 Å². The summed E-state index contributed by atoms with van der Waals surface area (Å²) in [6, 6.07) is 14.4. The zero-order valence-electron chi connectivity index (χ0n) is 12.2. The molecular weight excluding hydrogens is 266 g/mol. The van der Waals surface area contributed by atoms with Crippen molar-refractivity contribution in [1.29, 1.82) is 0 Å². The van der Waals surface area contributed by atoms with Crippen LogP contribution in [0.1, 0.15) is 11.1 Å². The number of carbonyl (C=O) groups is 1. The van der Waals surface area contributed by atoms with E-state index in [1.54, 1.807) is 37.3 Å². The lowest BCUT2D eigenvalue weighted by Crippen LogP contribution is -2.27. The summed E-state index contributed by atoms with van der Waals surface area (Å²) in [4.78, 5) is 13.8. The molecule has 2 rings (SSSR count). The van der Waals surface area contributed by atoms with E-state index in [0.717, 1.165) is 16.9 Å². The fourth-order valence-electron chi connectivity index (χ4n) is 2.07. The predicted octanol–water partition coefficient (Wildman–Crippen LogP) is 2.60. The number of ether oxygens (including phenoxy) is 1. The van der Waals surface area contributed by atoms with Gasteiger partial charge in [0, 0.05) is 13.6 Å². The third-order valence-corrected chi connectivity index (χ3v) is 3.27. The number of likely N-dealkylation sites (N-methyl/N-ethyl adjacent to an activating group) is 1. The van der Waals surface area contributed by atoms with Crippen LogP contribution in [-0.4, -0.2) is 30.1 Å². The zero-order chi connectivity index (χ0) is 15.2. The Balaban J connectivity index is 1.95. The van der Waals surface area contributed by atoms with Gasteiger partial charge in [-0.2, -0.15) is 0 Å². The lowest BCUT2D eigenvalue weighted by Gasteiger charge is -2.17. The second kappa shape index (κ2) is 6.79. The lowest BCUT2D eigenvalue weighted by atomic mass is 10.1. The van der Waals surface area contributed by atoms with Crippen LogP contribution in [-0.2, 0) is 17.8 Å². The predicted molar refractivity (Wildman–Crippen MR) is 81.3 cm³/mol. The van der Waals surface area contributed by atoms with Gasteiger partial charge in [-0.3, -0.25) is 4.79 Å². The Morgan fingerprint density at radius 2 is 1.86 bits per heavy atom. The summed E-state index contributed by atoms with van der Waals surface area (Å²) < 4.78 is 5.11. The van der Waals surface area contributed by atoms with E-state index in [9.17, 15) is 9.90 Å². The molecule has 0 saturated carbocycles. The number of benzene rings is 2. The molecule has 0 saturated heterocycles. The monoisotopic (exact) mass is 285 g/mol. The van der Waals surface area contributed by atoms with E-state index in [1.165, 1.54) is 0 Å². The number of aromatic hydroxyl groups is 1. The molecule has 110 valence electrons. The average Bonchev–Trinajstić information content (AvgIpc) is 2.48. The van der Waals surface area contributed by atoms with Gasteiger partial charge in [0.05, 0.1) is 13.5 Å². The molecule has 2 aromatic rings. The van der Waals surface area contributed by atoms with E-state index in [2.05, 4.69) is 0 Å². The molecule has 0 fully saturated rings. The summed E-state index contributed by atoms with van der Waals surface area (Å²) >= 11 is 0. The standard InChI is InChI=1S/C17H19NO3/c1-18(12-13-6-8-16(21-2)9-7-13)17(20)11-14-4-3-5-15(19)10-14/h3-10,19H,11-12H2,1-2H3. The van der Waals surface area contributed by atoms with Crippen LogP contribution in [0.15, 0.2) is 48.5 Å². The minimum atomic E-state index is 0.0106. The van der Waals surface area contributed by atoms with Gasteiger partial charge in [-0.25, -0.2) is 0 Å². The van der Waals surface area contributed by atoms with E-state index in [1.807, 2.05) is 30.3 Å². The number of nitrogens with zero attached hydrogens (tertiary/aromatic N) is 1. The first-order chi connectivity index (χ1) is 10.1. The fraction of sp³-hybridized carbons (Fsp3) is 0.235.